The van der Waals surface area contributed by atoms with Gasteiger partial charge in [-0.3, -0.25) is 14.2 Å². The molecule has 1 saturated heterocycles. The molecule has 5 heterocycles. The number of hydrogen-bond acceptors (Lipinski definition) is 5. The predicted octanol–water partition coefficient (Wildman–Crippen LogP) is 3.89. The van der Waals surface area contributed by atoms with E-state index in [4.69, 9.17) is 21.4 Å². The maximum Gasteiger partial charge on any atom is 0.219 e. The first-order valence-electron chi connectivity index (χ1n) is 12.0. The molecule has 6 rings (SSSR count). The van der Waals surface area contributed by atoms with Gasteiger partial charge in [0.25, 0.3) is 0 Å². The van der Waals surface area contributed by atoms with Crippen molar-refractivity contribution in [3.05, 3.63) is 46.4 Å². The summed E-state index contributed by atoms with van der Waals surface area (Å²) >= 11 is 6.98. The number of carbonyl (C=O) groups is 1. The molecular formula is C25H29ClN6O2. The Morgan fingerprint density at radius 1 is 1.21 bits per heavy atom. The van der Waals surface area contributed by atoms with Crippen LogP contribution in [0.1, 0.15) is 42.6 Å². The number of benzene rings is 1. The highest BCUT2D eigenvalue weighted by molar-refractivity contribution is 6.34. The fraction of sp³-hybridized carbons (Fsp3) is 0.480. The molecule has 8 nitrogen and oxygen atoms in total. The van der Waals surface area contributed by atoms with Crippen LogP contribution in [0.3, 0.4) is 0 Å². The number of hydrogen-bond donors (Lipinski definition) is 0. The summed E-state index contributed by atoms with van der Waals surface area (Å²) in [6.45, 7) is 5.32. The molecule has 0 bridgehead atoms. The Hall–Kier alpha value is -2.84. The minimum Gasteiger partial charge on any atom is -0.379 e. The molecule has 3 aliphatic rings. The first-order valence-corrected chi connectivity index (χ1v) is 12.4. The van der Waals surface area contributed by atoms with E-state index in [0.29, 0.717) is 13.2 Å². The fourth-order valence-corrected chi connectivity index (χ4v) is 5.93. The number of anilines is 2. The molecule has 0 radical (unpaired) electrons. The number of rotatable bonds is 3. The second-order valence-electron chi connectivity index (χ2n) is 9.48. The molecule has 3 aliphatic heterocycles. The van der Waals surface area contributed by atoms with Crippen molar-refractivity contribution in [2.75, 3.05) is 31.2 Å². The molecule has 0 aliphatic carbocycles. The summed E-state index contributed by atoms with van der Waals surface area (Å²) in [7, 11) is 1.91. The van der Waals surface area contributed by atoms with E-state index in [2.05, 4.69) is 26.8 Å². The van der Waals surface area contributed by atoms with Gasteiger partial charge in [-0.25, -0.2) is 0 Å². The van der Waals surface area contributed by atoms with Crippen LogP contribution in [0.25, 0.3) is 11.1 Å². The van der Waals surface area contributed by atoms with E-state index < -0.39 is 0 Å². The zero-order valence-electron chi connectivity index (χ0n) is 19.6. The van der Waals surface area contributed by atoms with Crippen molar-refractivity contribution in [1.82, 2.24) is 24.5 Å². The van der Waals surface area contributed by atoms with Crippen molar-refractivity contribution < 1.29 is 9.53 Å². The van der Waals surface area contributed by atoms with E-state index in [1.807, 2.05) is 24.3 Å². The van der Waals surface area contributed by atoms with Crippen LogP contribution in [0.5, 0.6) is 0 Å². The molecule has 1 atom stereocenters. The Labute approximate surface area is 204 Å². The molecule has 0 unspecified atom stereocenters. The number of aryl methyl sites for hydroxylation is 1. The Kier molecular flexibility index (Phi) is 5.37. The van der Waals surface area contributed by atoms with E-state index in [9.17, 15) is 4.79 Å². The Bertz CT molecular complexity index is 1260. The first-order chi connectivity index (χ1) is 16.5. The van der Waals surface area contributed by atoms with Crippen LogP contribution in [0.2, 0.25) is 5.02 Å². The number of amides is 1. The number of ether oxygens (including phenoxy) is 1. The summed E-state index contributed by atoms with van der Waals surface area (Å²) in [5.74, 6) is 1.07. The van der Waals surface area contributed by atoms with Gasteiger partial charge in [0, 0.05) is 74.4 Å². The number of halogens is 1. The van der Waals surface area contributed by atoms with Gasteiger partial charge < -0.3 is 14.5 Å². The van der Waals surface area contributed by atoms with Crippen molar-refractivity contribution in [3.8, 4) is 11.1 Å². The molecule has 0 N–H and O–H groups in total. The van der Waals surface area contributed by atoms with Crippen molar-refractivity contribution in [2.45, 2.75) is 45.2 Å². The molecule has 2 aromatic heterocycles. The summed E-state index contributed by atoms with van der Waals surface area (Å²) in [5, 5.41) is 10.3. The average Bonchev–Trinajstić information content (AvgIpc) is 3.58. The second-order valence-corrected chi connectivity index (χ2v) is 9.86. The quantitative estimate of drug-likeness (QED) is 0.569. The molecule has 1 amide bonds. The molecule has 1 fully saturated rings. The van der Waals surface area contributed by atoms with Crippen LogP contribution in [0.4, 0.5) is 11.5 Å². The lowest BCUT2D eigenvalue weighted by Gasteiger charge is -2.33. The Morgan fingerprint density at radius 3 is 2.82 bits per heavy atom. The summed E-state index contributed by atoms with van der Waals surface area (Å²) in [6, 6.07) is 4.51. The smallest absolute Gasteiger partial charge is 0.219 e. The van der Waals surface area contributed by atoms with Gasteiger partial charge in [-0.1, -0.05) is 17.7 Å². The van der Waals surface area contributed by atoms with Gasteiger partial charge in [0.05, 0.1) is 30.4 Å². The normalized spacial score (nSPS) is 19.9. The van der Waals surface area contributed by atoms with Gasteiger partial charge >= 0.3 is 0 Å². The number of carbonyl (C=O) groups excluding carboxylic acids is 1. The van der Waals surface area contributed by atoms with Gasteiger partial charge in [0.2, 0.25) is 5.91 Å². The highest BCUT2D eigenvalue weighted by Crippen LogP contribution is 2.43. The maximum atomic E-state index is 12.2. The summed E-state index contributed by atoms with van der Waals surface area (Å²) in [6.07, 6.45) is 7.56. The van der Waals surface area contributed by atoms with Gasteiger partial charge in [0.1, 0.15) is 0 Å². The molecule has 0 spiro atoms. The summed E-state index contributed by atoms with van der Waals surface area (Å²) in [4.78, 5) is 16.5. The highest BCUT2D eigenvalue weighted by Gasteiger charge is 2.34. The average molecular weight is 481 g/mol. The standard InChI is InChI=1S/C25H29ClN6O2/c1-16(33)30-10-7-23-21(14-30)25(28-32(23)18-8-11-34-15-18)31-9-3-4-20-22(31)6-5-19(24(20)26)17-12-27-29(2)13-17/h5-6,12-13,18H,3-4,7-11,14-15H2,1-2H3/t18-/m0/s1. The third-order valence-corrected chi connectivity index (χ3v) is 7.78. The van der Waals surface area contributed by atoms with Crippen LogP contribution in [0.15, 0.2) is 24.5 Å². The third-order valence-electron chi connectivity index (χ3n) is 7.35. The lowest BCUT2D eigenvalue weighted by molar-refractivity contribution is -0.129. The molecule has 3 aromatic rings. The van der Waals surface area contributed by atoms with Crippen LogP contribution < -0.4 is 4.90 Å². The molecule has 34 heavy (non-hydrogen) atoms. The first kappa shape index (κ1) is 21.7. The van der Waals surface area contributed by atoms with Gasteiger partial charge in [0.15, 0.2) is 5.82 Å². The number of fused-ring (bicyclic) bond motifs is 2. The second kappa shape index (κ2) is 8.43. The minimum absolute atomic E-state index is 0.108. The number of nitrogens with zero attached hydrogens (tertiary/aromatic N) is 6. The molecular weight excluding hydrogens is 452 g/mol. The molecule has 1 aromatic carbocycles. The van der Waals surface area contributed by atoms with E-state index >= 15 is 0 Å². The largest absolute Gasteiger partial charge is 0.379 e. The Morgan fingerprint density at radius 2 is 2.09 bits per heavy atom. The summed E-state index contributed by atoms with van der Waals surface area (Å²) < 4.78 is 9.67. The fourth-order valence-electron chi connectivity index (χ4n) is 5.57. The van der Waals surface area contributed by atoms with E-state index in [0.717, 1.165) is 84.2 Å². The minimum atomic E-state index is 0.108. The zero-order valence-corrected chi connectivity index (χ0v) is 20.4. The van der Waals surface area contributed by atoms with Gasteiger partial charge in [-0.05, 0) is 30.9 Å². The summed E-state index contributed by atoms with van der Waals surface area (Å²) in [5.41, 5.74) is 6.70. The Balaban J connectivity index is 1.45. The van der Waals surface area contributed by atoms with E-state index in [1.54, 1.807) is 11.6 Å². The van der Waals surface area contributed by atoms with Crippen molar-refractivity contribution in [2.24, 2.45) is 7.05 Å². The van der Waals surface area contributed by atoms with Crippen LogP contribution in [-0.4, -0.2) is 56.7 Å². The van der Waals surface area contributed by atoms with Crippen molar-refractivity contribution in [1.29, 1.82) is 0 Å². The number of aromatic nitrogens is 4. The topological polar surface area (TPSA) is 68.4 Å². The van der Waals surface area contributed by atoms with Crippen molar-refractivity contribution in [3.63, 3.8) is 0 Å². The maximum absolute atomic E-state index is 12.2. The van der Waals surface area contributed by atoms with Crippen LogP contribution in [-0.2, 0) is 36.0 Å². The molecule has 9 heteroatoms. The van der Waals surface area contributed by atoms with Crippen LogP contribution >= 0.6 is 11.6 Å². The van der Waals surface area contributed by atoms with E-state index in [-0.39, 0.29) is 11.9 Å². The molecule has 178 valence electrons. The van der Waals surface area contributed by atoms with E-state index in [1.165, 1.54) is 5.69 Å². The van der Waals surface area contributed by atoms with Gasteiger partial charge in [-0.15, -0.1) is 0 Å². The monoisotopic (exact) mass is 480 g/mol. The lowest BCUT2D eigenvalue weighted by Crippen LogP contribution is -2.35. The predicted molar refractivity (Wildman–Crippen MR) is 130 cm³/mol. The lowest BCUT2D eigenvalue weighted by atomic mass is 9.96. The highest BCUT2D eigenvalue weighted by atomic mass is 35.5. The SMILES string of the molecule is CC(=O)N1CCc2c(c(N3CCCc4c3ccc(-c3cnn(C)c3)c4Cl)nn2[C@H]2CCOC2)C1. The third kappa shape index (κ3) is 3.51. The van der Waals surface area contributed by atoms with Crippen molar-refractivity contribution >= 4 is 29.0 Å². The van der Waals surface area contributed by atoms with Gasteiger partial charge in [-0.2, -0.15) is 10.2 Å². The zero-order chi connectivity index (χ0) is 23.4. The van der Waals surface area contributed by atoms with Crippen LogP contribution in [0, 0.1) is 0 Å². The molecule has 0 saturated carbocycles.